The van der Waals surface area contributed by atoms with Crippen molar-refractivity contribution in [2.75, 3.05) is 6.54 Å². The van der Waals surface area contributed by atoms with Gasteiger partial charge in [0.15, 0.2) is 0 Å². The van der Waals surface area contributed by atoms with Crippen LogP contribution in [0, 0.1) is 0 Å². The lowest BCUT2D eigenvalue weighted by Crippen LogP contribution is -1.97. The fourth-order valence-corrected chi connectivity index (χ4v) is 1.84. The van der Waals surface area contributed by atoms with Crippen LogP contribution in [-0.2, 0) is 6.42 Å². The Labute approximate surface area is 102 Å². The predicted octanol–water partition coefficient (Wildman–Crippen LogP) is 4.06. The monoisotopic (exact) mass is 245 g/mol. The van der Waals surface area contributed by atoms with Crippen LogP contribution in [0.25, 0.3) is 0 Å². The Morgan fingerprint density at radius 2 is 1.67 bits per heavy atom. The van der Waals surface area contributed by atoms with Crippen molar-refractivity contribution in [3.8, 4) is 0 Å². The first kappa shape index (κ1) is 12.8. The van der Waals surface area contributed by atoms with Crippen molar-refractivity contribution in [2.24, 2.45) is 5.73 Å². The SMILES string of the molecule is NCCCCCCc1ccc(Cl)c(Cl)c1. The van der Waals surface area contributed by atoms with Gasteiger partial charge in [-0.25, -0.2) is 0 Å². The Balaban J connectivity index is 2.28. The van der Waals surface area contributed by atoms with Gasteiger partial charge in [-0.05, 0) is 43.5 Å². The Morgan fingerprint density at radius 3 is 2.33 bits per heavy atom. The number of hydrogen-bond donors (Lipinski definition) is 1. The van der Waals surface area contributed by atoms with E-state index in [2.05, 4.69) is 0 Å². The highest BCUT2D eigenvalue weighted by Crippen LogP contribution is 2.23. The van der Waals surface area contributed by atoms with E-state index in [9.17, 15) is 0 Å². The molecule has 1 rings (SSSR count). The van der Waals surface area contributed by atoms with Crippen molar-refractivity contribution in [1.29, 1.82) is 0 Å². The summed E-state index contributed by atoms with van der Waals surface area (Å²) in [7, 11) is 0. The zero-order chi connectivity index (χ0) is 11.1. The predicted molar refractivity (Wildman–Crippen MR) is 67.7 cm³/mol. The summed E-state index contributed by atoms with van der Waals surface area (Å²) in [4.78, 5) is 0. The largest absolute Gasteiger partial charge is 0.330 e. The number of benzene rings is 1. The quantitative estimate of drug-likeness (QED) is 0.752. The first-order valence-corrected chi connectivity index (χ1v) is 6.13. The molecule has 0 aliphatic carbocycles. The summed E-state index contributed by atoms with van der Waals surface area (Å²) < 4.78 is 0. The molecule has 0 atom stereocenters. The van der Waals surface area contributed by atoms with Gasteiger partial charge in [0.05, 0.1) is 10.0 Å². The number of rotatable bonds is 6. The van der Waals surface area contributed by atoms with Crippen molar-refractivity contribution >= 4 is 23.2 Å². The number of unbranched alkanes of at least 4 members (excludes halogenated alkanes) is 3. The van der Waals surface area contributed by atoms with Crippen LogP contribution in [-0.4, -0.2) is 6.54 Å². The van der Waals surface area contributed by atoms with E-state index < -0.39 is 0 Å². The Bertz CT molecular complexity index is 300. The zero-order valence-corrected chi connectivity index (χ0v) is 10.3. The van der Waals surface area contributed by atoms with E-state index in [0.717, 1.165) is 19.4 Å². The Hall–Kier alpha value is -0.240. The molecule has 0 fully saturated rings. The molecular weight excluding hydrogens is 229 g/mol. The van der Waals surface area contributed by atoms with Gasteiger partial charge in [-0.1, -0.05) is 42.1 Å². The standard InChI is InChI=1S/C12H17Cl2N/c13-11-7-6-10(9-12(11)14)5-3-1-2-4-8-15/h6-7,9H,1-5,8,15H2. The van der Waals surface area contributed by atoms with E-state index in [4.69, 9.17) is 28.9 Å². The fraction of sp³-hybridized carbons (Fsp3) is 0.500. The zero-order valence-electron chi connectivity index (χ0n) is 8.81. The van der Waals surface area contributed by atoms with Gasteiger partial charge >= 0.3 is 0 Å². The maximum absolute atomic E-state index is 5.93. The summed E-state index contributed by atoms with van der Waals surface area (Å²) >= 11 is 11.8. The van der Waals surface area contributed by atoms with Gasteiger partial charge in [0.1, 0.15) is 0 Å². The maximum atomic E-state index is 5.93. The van der Waals surface area contributed by atoms with E-state index in [0.29, 0.717) is 10.0 Å². The third kappa shape index (κ3) is 4.87. The smallest absolute Gasteiger partial charge is 0.0595 e. The number of aryl methyl sites for hydroxylation is 1. The highest BCUT2D eigenvalue weighted by Gasteiger charge is 1.99. The van der Waals surface area contributed by atoms with E-state index in [1.54, 1.807) is 0 Å². The van der Waals surface area contributed by atoms with Crippen molar-refractivity contribution in [3.63, 3.8) is 0 Å². The van der Waals surface area contributed by atoms with Crippen LogP contribution >= 0.6 is 23.2 Å². The maximum Gasteiger partial charge on any atom is 0.0595 e. The molecule has 84 valence electrons. The summed E-state index contributed by atoms with van der Waals surface area (Å²) in [6.07, 6.45) is 5.84. The van der Waals surface area contributed by atoms with Crippen LogP contribution in [0.2, 0.25) is 10.0 Å². The first-order chi connectivity index (χ1) is 7.24. The summed E-state index contributed by atoms with van der Waals surface area (Å²) in [5.41, 5.74) is 6.69. The molecular formula is C12H17Cl2N. The van der Waals surface area contributed by atoms with Crippen LogP contribution in [0.15, 0.2) is 18.2 Å². The molecule has 1 aromatic rings. The molecule has 0 heterocycles. The molecule has 0 bridgehead atoms. The van der Waals surface area contributed by atoms with Gasteiger partial charge in [-0.15, -0.1) is 0 Å². The van der Waals surface area contributed by atoms with Gasteiger partial charge in [0, 0.05) is 0 Å². The first-order valence-electron chi connectivity index (χ1n) is 5.38. The van der Waals surface area contributed by atoms with Crippen LogP contribution in [0.4, 0.5) is 0 Å². The van der Waals surface area contributed by atoms with Crippen molar-refractivity contribution in [2.45, 2.75) is 32.1 Å². The minimum absolute atomic E-state index is 0.628. The lowest BCUT2D eigenvalue weighted by atomic mass is 10.1. The molecule has 0 saturated carbocycles. The van der Waals surface area contributed by atoms with E-state index in [-0.39, 0.29) is 0 Å². The van der Waals surface area contributed by atoms with Crippen LogP contribution in [0.5, 0.6) is 0 Å². The minimum Gasteiger partial charge on any atom is -0.330 e. The molecule has 1 nitrogen and oxygen atoms in total. The molecule has 0 radical (unpaired) electrons. The fourth-order valence-electron chi connectivity index (χ4n) is 1.52. The normalized spacial score (nSPS) is 10.6. The molecule has 1 aromatic carbocycles. The Kier molecular flexibility index (Phi) is 6.07. The second-order valence-electron chi connectivity index (χ2n) is 3.70. The number of halogens is 2. The second kappa shape index (κ2) is 7.10. The molecule has 0 aromatic heterocycles. The molecule has 0 amide bonds. The van der Waals surface area contributed by atoms with Crippen molar-refractivity contribution in [3.05, 3.63) is 33.8 Å². The molecule has 0 aliphatic rings. The average Bonchev–Trinajstić information content (AvgIpc) is 2.23. The van der Waals surface area contributed by atoms with Crippen molar-refractivity contribution < 1.29 is 0 Å². The second-order valence-corrected chi connectivity index (χ2v) is 4.52. The summed E-state index contributed by atoms with van der Waals surface area (Å²) in [5.74, 6) is 0. The van der Waals surface area contributed by atoms with Crippen LogP contribution in [0.1, 0.15) is 31.2 Å². The van der Waals surface area contributed by atoms with Gasteiger partial charge in [-0.3, -0.25) is 0 Å². The van der Waals surface area contributed by atoms with Crippen molar-refractivity contribution in [1.82, 2.24) is 0 Å². The molecule has 0 aliphatic heterocycles. The molecule has 2 N–H and O–H groups in total. The molecule has 0 saturated heterocycles. The lowest BCUT2D eigenvalue weighted by Gasteiger charge is -2.03. The highest BCUT2D eigenvalue weighted by molar-refractivity contribution is 6.42. The van der Waals surface area contributed by atoms with Gasteiger partial charge in [0.2, 0.25) is 0 Å². The molecule has 0 spiro atoms. The minimum atomic E-state index is 0.628. The van der Waals surface area contributed by atoms with Gasteiger partial charge < -0.3 is 5.73 Å². The molecule has 3 heteroatoms. The van der Waals surface area contributed by atoms with E-state index in [1.807, 2.05) is 18.2 Å². The van der Waals surface area contributed by atoms with E-state index >= 15 is 0 Å². The summed E-state index contributed by atoms with van der Waals surface area (Å²) in [5, 5.41) is 1.28. The lowest BCUT2D eigenvalue weighted by molar-refractivity contribution is 0.647. The molecule has 0 unspecified atom stereocenters. The van der Waals surface area contributed by atoms with Crippen LogP contribution in [0.3, 0.4) is 0 Å². The topological polar surface area (TPSA) is 26.0 Å². The highest BCUT2D eigenvalue weighted by atomic mass is 35.5. The Morgan fingerprint density at radius 1 is 0.933 bits per heavy atom. The van der Waals surface area contributed by atoms with E-state index in [1.165, 1.54) is 24.8 Å². The number of nitrogens with two attached hydrogens (primary N) is 1. The van der Waals surface area contributed by atoms with Crippen LogP contribution < -0.4 is 5.73 Å². The summed E-state index contributed by atoms with van der Waals surface area (Å²) in [6.45, 7) is 0.798. The van der Waals surface area contributed by atoms with Gasteiger partial charge in [-0.2, -0.15) is 0 Å². The third-order valence-electron chi connectivity index (χ3n) is 2.40. The summed E-state index contributed by atoms with van der Waals surface area (Å²) in [6, 6.07) is 5.85. The third-order valence-corrected chi connectivity index (χ3v) is 3.14. The van der Waals surface area contributed by atoms with Gasteiger partial charge in [0.25, 0.3) is 0 Å². The number of hydrogen-bond acceptors (Lipinski definition) is 1. The average molecular weight is 246 g/mol. The molecule has 15 heavy (non-hydrogen) atoms.